The van der Waals surface area contributed by atoms with Gasteiger partial charge in [-0.25, -0.2) is 0 Å². The molecule has 0 aromatic carbocycles. The van der Waals surface area contributed by atoms with E-state index < -0.39 is 16.5 Å². The maximum atomic E-state index is 8.45. The SMILES string of the molecule is OC(O)C(O)C(O)I. The molecule has 50 valence electrons. The van der Waals surface area contributed by atoms with Crippen LogP contribution in [-0.2, 0) is 0 Å². The Bertz CT molecular complexity index is 56.3. The lowest BCUT2D eigenvalue weighted by molar-refractivity contribution is -0.138. The van der Waals surface area contributed by atoms with Crippen molar-refractivity contribution < 1.29 is 20.4 Å². The molecule has 0 saturated carbocycles. The van der Waals surface area contributed by atoms with Crippen molar-refractivity contribution >= 4 is 22.6 Å². The molecule has 0 radical (unpaired) electrons. The molecule has 2 unspecified atom stereocenters. The van der Waals surface area contributed by atoms with Crippen molar-refractivity contribution in [3.8, 4) is 0 Å². The molecule has 0 spiro atoms. The number of alkyl halides is 1. The van der Waals surface area contributed by atoms with Crippen LogP contribution in [0.25, 0.3) is 0 Å². The van der Waals surface area contributed by atoms with Crippen LogP contribution in [0.4, 0.5) is 0 Å². The molecular weight excluding hydrogens is 227 g/mol. The van der Waals surface area contributed by atoms with Gasteiger partial charge in [-0.05, 0) is 22.6 Å². The third-order valence-corrected chi connectivity index (χ3v) is 1.32. The minimum absolute atomic E-state index is 1.13. The summed E-state index contributed by atoms with van der Waals surface area (Å²) >= 11 is 1.47. The molecule has 8 heavy (non-hydrogen) atoms. The zero-order chi connectivity index (χ0) is 6.73. The topological polar surface area (TPSA) is 80.9 Å². The molecular formula is C3H7IO4. The van der Waals surface area contributed by atoms with E-state index in [1.807, 2.05) is 0 Å². The molecule has 0 aromatic rings. The van der Waals surface area contributed by atoms with Gasteiger partial charge in [0.05, 0.1) is 0 Å². The number of aliphatic hydroxyl groups is 4. The van der Waals surface area contributed by atoms with Gasteiger partial charge in [0.1, 0.15) is 10.2 Å². The van der Waals surface area contributed by atoms with Crippen molar-refractivity contribution in [2.45, 2.75) is 16.5 Å². The van der Waals surface area contributed by atoms with E-state index in [-0.39, 0.29) is 0 Å². The average molecular weight is 234 g/mol. The third kappa shape index (κ3) is 2.78. The average Bonchev–Trinajstić information content (AvgIpc) is 1.64. The van der Waals surface area contributed by atoms with E-state index in [4.69, 9.17) is 20.4 Å². The van der Waals surface area contributed by atoms with Gasteiger partial charge in [-0.2, -0.15) is 0 Å². The van der Waals surface area contributed by atoms with E-state index in [1.54, 1.807) is 0 Å². The van der Waals surface area contributed by atoms with Gasteiger partial charge in [-0.15, -0.1) is 0 Å². The molecule has 0 heterocycles. The first kappa shape index (κ1) is 8.57. The summed E-state index contributed by atoms with van der Waals surface area (Å²) in [4.78, 5) is 0. The van der Waals surface area contributed by atoms with Crippen molar-refractivity contribution in [1.29, 1.82) is 0 Å². The lowest BCUT2D eigenvalue weighted by atomic mass is 10.4. The molecule has 0 saturated heterocycles. The molecule has 2 atom stereocenters. The fourth-order valence-corrected chi connectivity index (χ4v) is 0.513. The predicted molar refractivity (Wildman–Crippen MR) is 34.3 cm³/mol. The molecule has 0 aliphatic carbocycles. The van der Waals surface area contributed by atoms with E-state index in [0.717, 1.165) is 0 Å². The summed E-state index contributed by atoms with van der Waals surface area (Å²) < 4.78 is -1.13. The third-order valence-electron chi connectivity index (χ3n) is 0.587. The second kappa shape index (κ2) is 3.57. The van der Waals surface area contributed by atoms with E-state index in [2.05, 4.69) is 0 Å². The van der Waals surface area contributed by atoms with Crippen LogP contribution in [0.3, 0.4) is 0 Å². The smallest absolute Gasteiger partial charge is 0.181 e. The Labute approximate surface area is 59.9 Å². The monoisotopic (exact) mass is 234 g/mol. The zero-order valence-corrected chi connectivity index (χ0v) is 6.06. The standard InChI is InChI=1S/C3H7IO4/c4-2(6)1(5)3(7)8/h1-3,5-8H. The fraction of sp³-hybridized carbons (Fsp3) is 1.00. The van der Waals surface area contributed by atoms with E-state index >= 15 is 0 Å². The highest BCUT2D eigenvalue weighted by atomic mass is 127. The molecule has 0 amide bonds. The van der Waals surface area contributed by atoms with Crippen LogP contribution in [-0.4, -0.2) is 36.9 Å². The minimum atomic E-state index is -1.86. The maximum Gasteiger partial charge on any atom is 0.181 e. The van der Waals surface area contributed by atoms with Crippen LogP contribution in [0.15, 0.2) is 0 Å². The van der Waals surface area contributed by atoms with Crippen LogP contribution in [0, 0.1) is 0 Å². The summed E-state index contributed by atoms with van der Waals surface area (Å²) in [6.45, 7) is 0. The highest BCUT2D eigenvalue weighted by Gasteiger charge is 2.18. The molecule has 4 nitrogen and oxygen atoms in total. The molecule has 5 heteroatoms. The molecule has 0 bridgehead atoms. The van der Waals surface area contributed by atoms with Gasteiger partial charge >= 0.3 is 0 Å². The Balaban J connectivity index is 3.46. The number of hydrogen-bond donors (Lipinski definition) is 4. The number of aliphatic hydroxyl groups excluding tert-OH is 3. The Morgan fingerprint density at radius 1 is 1.00 bits per heavy atom. The Morgan fingerprint density at radius 2 is 1.38 bits per heavy atom. The van der Waals surface area contributed by atoms with Crippen LogP contribution < -0.4 is 0 Å². The molecule has 0 aliphatic rings. The van der Waals surface area contributed by atoms with Gasteiger partial charge in [0.15, 0.2) is 6.29 Å². The normalized spacial score (nSPS) is 18.8. The van der Waals surface area contributed by atoms with Crippen LogP contribution >= 0.6 is 22.6 Å². The van der Waals surface area contributed by atoms with Crippen LogP contribution in [0.1, 0.15) is 0 Å². The Kier molecular flexibility index (Phi) is 3.82. The first-order valence-corrected chi connectivity index (χ1v) is 3.16. The largest absolute Gasteiger partial charge is 0.384 e. The van der Waals surface area contributed by atoms with E-state index in [1.165, 1.54) is 22.6 Å². The summed E-state index contributed by atoms with van der Waals surface area (Å²) in [5.41, 5.74) is 0. The van der Waals surface area contributed by atoms with E-state index in [0.29, 0.717) is 0 Å². The molecule has 0 aromatic heterocycles. The summed E-state index contributed by atoms with van der Waals surface area (Å²) in [6.07, 6.45) is -3.34. The summed E-state index contributed by atoms with van der Waals surface area (Å²) in [7, 11) is 0. The van der Waals surface area contributed by atoms with Gasteiger partial charge < -0.3 is 20.4 Å². The molecule has 4 N–H and O–H groups in total. The molecule has 0 aliphatic heterocycles. The van der Waals surface area contributed by atoms with Crippen molar-refractivity contribution in [2.75, 3.05) is 0 Å². The second-order valence-corrected chi connectivity index (χ2v) is 2.55. The highest BCUT2D eigenvalue weighted by molar-refractivity contribution is 14.1. The number of hydrogen-bond acceptors (Lipinski definition) is 4. The van der Waals surface area contributed by atoms with Crippen molar-refractivity contribution in [3.63, 3.8) is 0 Å². The highest BCUT2D eigenvalue weighted by Crippen LogP contribution is 2.03. The maximum absolute atomic E-state index is 8.45. The number of halogens is 1. The summed E-state index contributed by atoms with van der Waals surface area (Å²) in [6, 6.07) is 0. The van der Waals surface area contributed by atoms with Gasteiger partial charge in [-0.3, -0.25) is 0 Å². The fourth-order valence-electron chi connectivity index (χ4n) is 0.142. The summed E-state index contributed by atoms with van der Waals surface area (Å²) in [5, 5.41) is 33.1. The first-order chi connectivity index (χ1) is 3.55. The Hall–Kier alpha value is 0.570. The molecule has 0 fully saturated rings. The Morgan fingerprint density at radius 3 is 1.38 bits per heavy atom. The quantitative estimate of drug-likeness (QED) is 0.264. The van der Waals surface area contributed by atoms with Crippen LogP contribution in [0.2, 0.25) is 0 Å². The number of rotatable bonds is 2. The van der Waals surface area contributed by atoms with Crippen molar-refractivity contribution in [2.24, 2.45) is 0 Å². The zero-order valence-electron chi connectivity index (χ0n) is 3.90. The minimum Gasteiger partial charge on any atom is -0.384 e. The van der Waals surface area contributed by atoms with Gasteiger partial charge in [0, 0.05) is 0 Å². The lowest BCUT2D eigenvalue weighted by Crippen LogP contribution is -2.33. The predicted octanol–water partition coefficient (Wildman–Crippen LogP) is -1.59. The molecule has 0 rings (SSSR count). The van der Waals surface area contributed by atoms with Gasteiger partial charge in [-0.1, -0.05) is 0 Å². The second-order valence-electron chi connectivity index (χ2n) is 1.28. The van der Waals surface area contributed by atoms with Crippen LogP contribution in [0.5, 0.6) is 0 Å². The van der Waals surface area contributed by atoms with E-state index in [9.17, 15) is 0 Å². The van der Waals surface area contributed by atoms with Gasteiger partial charge in [0.2, 0.25) is 0 Å². The summed E-state index contributed by atoms with van der Waals surface area (Å²) in [5.74, 6) is 0. The van der Waals surface area contributed by atoms with Crippen molar-refractivity contribution in [3.05, 3.63) is 0 Å². The first-order valence-electron chi connectivity index (χ1n) is 1.92. The van der Waals surface area contributed by atoms with Gasteiger partial charge in [0.25, 0.3) is 0 Å². The van der Waals surface area contributed by atoms with Crippen molar-refractivity contribution in [1.82, 2.24) is 0 Å². The lowest BCUT2D eigenvalue weighted by Gasteiger charge is -2.12.